The highest BCUT2D eigenvalue weighted by Gasteiger charge is 2.32. The van der Waals surface area contributed by atoms with E-state index in [1.807, 2.05) is 0 Å². The van der Waals surface area contributed by atoms with E-state index in [0.717, 1.165) is 12.8 Å². The Morgan fingerprint density at radius 3 is 2.69 bits per heavy atom. The van der Waals surface area contributed by atoms with Crippen LogP contribution in [0.25, 0.3) is 0 Å². The molecule has 1 unspecified atom stereocenters. The number of benzene rings is 1. The lowest BCUT2D eigenvalue weighted by Crippen LogP contribution is -2.31. The minimum atomic E-state index is -3.30. The van der Waals surface area contributed by atoms with Gasteiger partial charge in [-0.05, 0) is 37.0 Å². The van der Waals surface area contributed by atoms with Gasteiger partial charge in [-0.3, -0.25) is 0 Å². The van der Waals surface area contributed by atoms with Gasteiger partial charge in [0.2, 0.25) is 0 Å². The van der Waals surface area contributed by atoms with E-state index >= 15 is 0 Å². The van der Waals surface area contributed by atoms with E-state index in [2.05, 4.69) is 0 Å². The van der Waals surface area contributed by atoms with Gasteiger partial charge in [-0.25, -0.2) is 8.42 Å². The molecule has 1 aromatic rings. The average Bonchev–Trinajstić information content (AvgIpc) is 3.00. The highest BCUT2D eigenvalue weighted by Crippen LogP contribution is 2.32. The zero-order valence-corrected chi connectivity index (χ0v) is 10.3. The van der Waals surface area contributed by atoms with E-state index < -0.39 is 9.84 Å². The summed E-state index contributed by atoms with van der Waals surface area (Å²) in [6, 6.07) is 6.07. The van der Waals surface area contributed by atoms with E-state index in [-0.39, 0.29) is 16.7 Å². The molecule has 0 bridgehead atoms. The van der Waals surface area contributed by atoms with E-state index in [4.69, 9.17) is 17.3 Å². The second-order valence-corrected chi connectivity index (χ2v) is 6.71. The molecule has 0 aromatic heterocycles. The van der Waals surface area contributed by atoms with Crippen molar-refractivity contribution >= 4 is 21.4 Å². The molecule has 3 nitrogen and oxygen atoms in total. The van der Waals surface area contributed by atoms with Crippen molar-refractivity contribution in [3.63, 3.8) is 0 Å². The van der Waals surface area contributed by atoms with Crippen LogP contribution in [0.5, 0.6) is 0 Å². The first-order valence-corrected chi connectivity index (χ1v) is 7.26. The largest absolute Gasteiger partial charge is 0.327 e. The molecule has 0 amide bonds. The van der Waals surface area contributed by atoms with Gasteiger partial charge < -0.3 is 5.73 Å². The van der Waals surface area contributed by atoms with Crippen molar-refractivity contribution in [2.75, 3.05) is 5.75 Å². The predicted molar refractivity (Wildman–Crippen MR) is 64.2 cm³/mol. The van der Waals surface area contributed by atoms with Crippen molar-refractivity contribution < 1.29 is 8.42 Å². The van der Waals surface area contributed by atoms with Crippen LogP contribution in [0.2, 0.25) is 5.02 Å². The van der Waals surface area contributed by atoms with Gasteiger partial charge in [-0.15, -0.1) is 0 Å². The van der Waals surface area contributed by atoms with Crippen LogP contribution >= 0.6 is 11.6 Å². The summed E-state index contributed by atoms with van der Waals surface area (Å²) in [4.78, 5) is 0.260. The fraction of sp³-hybridized carbons (Fsp3) is 0.455. The van der Waals surface area contributed by atoms with Crippen LogP contribution < -0.4 is 5.73 Å². The Balaban J connectivity index is 2.17. The number of nitrogens with two attached hydrogens (primary N) is 1. The lowest BCUT2D eigenvalue weighted by molar-refractivity contribution is 0.574. The van der Waals surface area contributed by atoms with Crippen LogP contribution in [0.1, 0.15) is 12.8 Å². The van der Waals surface area contributed by atoms with Gasteiger partial charge in [-0.2, -0.15) is 0 Å². The van der Waals surface area contributed by atoms with Crippen LogP contribution in [0.4, 0.5) is 0 Å². The van der Waals surface area contributed by atoms with Gasteiger partial charge in [0.15, 0.2) is 9.84 Å². The Bertz CT molecular complexity index is 483. The number of hydrogen-bond acceptors (Lipinski definition) is 3. The summed E-state index contributed by atoms with van der Waals surface area (Å²) in [5.41, 5.74) is 5.83. The van der Waals surface area contributed by atoms with Crippen molar-refractivity contribution in [1.29, 1.82) is 0 Å². The molecule has 1 saturated carbocycles. The first kappa shape index (κ1) is 11.9. The Morgan fingerprint density at radius 2 is 2.12 bits per heavy atom. The predicted octanol–water partition coefficient (Wildman–Crippen LogP) is 1.85. The lowest BCUT2D eigenvalue weighted by atomic mass is 10.2. The second-order valence-electron chi connectivity index (χ2n) is 4.24. The maximum atomic E-state index is 12.0. The topological polar surface area (TPSA) is 60.2 Å². The fourth-order valence-corrected chi connectivity index (χ4v) is 3.49. The van der Waals surface area contributed by atoms with Gasteiger partial charge in [-0.1, -0.05) is 17.7 Å². The molecule has 0 radical (unpaired) electrons. The summed E-state index contributed by atoms with van der Waals surface area (Å²) in [5, 5.41) is 0.432. The summed E-state index contributed by atoms with van der Waals surface area (Å²) in [6.45, 7) is 0. The molecule has 0 heterocycles. The molecule has 1 aliphatic carbocycles. The third-order valence-corrected chi connectivity index (χ3v) is 4.83. The molecule has 16 heavy (non-hydrogen) atoms. The van der Waals surface area contributed by atoms with Crippen LogP contribution in [0, 0.1) is 5.92 Å². The molecular weight excluding hydrogens is 246 g/mol. The maximum absolute atomic E-state index is 12.0. The monoisotopic (exact) mass is 259 g/mol. The van der Waals surface area contributed by atoms with Gasteiger partial charge in [0.1, 0.15) is 0 Å². The lowest BCUT2D eigenvalue weighted by Gasteiger charge is -2.11. The fourth-order valence-electron chi connectivity index (χ4n) is 1.67. The average molecular weight is 260 g/mol. The summed E-state index contributed by atoms with van der Waals surface area (Å²) >= 11 is 5.77. The summed E-state index contributed by atoms with van der Waals surface area (Å²) in [7, 11) is -3.30. The Kier molecular flexibility index (Phi) is 3.24. The highest BCUT2D eigenvalue weighted by atomic mass is 35.5. The van der Waals surface area contributed by atoms with Crippen LogP contribution in [0.15, 0.2) is 29.2 Å². The normalized spacial score (nSPS) is 18.4. The third kappa shape index (κ3) is 2.75. The summed E-state index contributed by atoms with van der Waals surface area (Å²) in [6.07, 6.45) is 2.10. The summed E-state index contributed by atoms with van der Waals surface area (Å²) < 4.78 is 24.0. The van der Waals surface area contributed by atoms with Crippen molar-refractivity contribution in [2.45, 2.75) is 23.8 Å². The Labute approximate surface area is 101 Å². The SMILES string of the molecule is NC(CS(=O)(=O)c1cccc(Cl)c1)C1CC1. The van der Waals surface area contributed by atoms with E-state index in [9.17, 15) is 8.42 Å². The number of rotatable bonds is 4. The first-order chi connectivity index (χ1) is 7.49. The van der Waals surface area contributed by atoms with Crippen LogP contribution in [-0.2, 0) is 9.84 Å². The molecule has 0 saturated heterocycles. The van der Waals surface area contributed by atoms with Gasteiger partial charge in [0, 0.05) is 11.1 Å². The van der Waals surface area contributed by atoms with E-state index in [0.29, 0.717) is 10.9 Å². The molecule has 0 aliphatic heterocycles. The Morgan fingerprint density at radius 1 is 1.44 bits per heavy atom. The minimum Gasteiger partial charge on any atom is -0.327 e. The van der Waals surface area contributed by atoms with Crippen LogP contribution in [0.3, 0.4) is 0 Å². The standard InChI is InChI=1S/C11H14ClNO2S/c12-9-2-1-3-10(6-9)16(14,15)7-11(13)8-4-5-8/h1-3,6,8,11H,4-5,7,13H2. The van der Waals surface area contributed by atoms with E-state index in [1.54, 1.807) is 18.2 Å². The quantitative estimate of drug-likeness (QED) is 0.898. The molecular formula is C11H14ClNO2S. The van der Waals surface area contributed by atoms with Crippen molar-refractivity contribution in [3.8, 4) is 0 Å². The van der Waals surface area contributed by atoms with Gasteiger partial charge >= 0.3 is 0 Å². The zero-order chi connectivity index (χ0) is 11.8. The van der Waals surface area contributed by atoms with Crippen molar-refractivity contribution in [1.82, 2.24) is 0 Å². The maximum Gasteiger partial charge on any atom is 0.179 e. The molecule has 1 aromatic carbocycles. The summed E-state index contributed by atoms with van der Waals surface area (Å²) in [5.74, 6) is 0.395. The van der Waals surface area contributed by atoms with Crippen molar-refractivity contribution in [3.05, 3.63) is 29.3 Å². The third-order valence-electron chi connectivity index (χ3n) is 2.79. The second kappa shape index (κ2) is 4.35. The van der Waals surface area contributed by atoms with E-state index in [1.165, 1.54) is 6.07 Å². The molecule has 5 heteroatoms. The highest BCUT2D eigenvalue weighted by molar-refractivity contribution is 7.91. The van der Waals surface area contributed by atoms with Gasteiger partial charge in [0.05, 0.1) is 10.6 Å². The molecule has 0 spiro atoms. The molecule has 2 rings (SSSR count). The first-order valence-electron chi connectivity index (χ1n) is 5.23. The Hall–Kier alpha value is -0.580. The molecule has 2 N–H and O–H groups in total. The molecule has 1 atom stereocenters. The molecule has 88 valence electrons. The van der Waals surface area contributed by atoms with Crippen LogP contribution in [-0.4, -0.2) is 20.2 Å². The number of halogens is 1. The van der Waals surface area contributed by atoms with Gasteiger partial charge in [0.25, 0.3) is 0 Å². The minimum absolute atomic E-state index is 0.0119. The molecule has 1 fully saturated rings. The number of sulfone groups is 1. The number of hydrogen-bond donors (Lipinski definition) is 1. The zero-order valence-electron chi connectivity index (χ0n) is 8.77. The smallest absolute Gasteiger partial charge is 0.179 e. The molecule has 1 aliphatic rings. The van der Waals surface area contributed by atoms with Crippen molar-refractivity contribution in [2.24, 2.45) is 11.7 Å².